The second kappa shape index (κ2) is 5.66. The number of allylic oxidation sites excluding steroid dienone is 1. The van der Waals surface area contributed by atoms with Gasteiger partial charge in [0.2, 0.25) is 5.95 Å². The van der Waals surface area contributed by atoms with Gasteiger partial charge in [0, 0.05) is 0 Å². The minimum Gasteiger partial charge on any atom is -0.463 e. The number of hydrogen-bond donors (Lipinski definition) is 1. The monoisotopic (exact) mass is 317 g/mol. The fourth-order valence-corrected chi connectivity index (χ4v) is 2.78. The molecule has 1 unspecified atom stereocenters. The third-order valence-corrected chi connectivity index (χ3v) is 3.86. The van der Waals surface area contributed by atoms with Crippen LogP contribution in [0.1, 0.15) is 11.6 Å². The van der Waals surface area contributed by atoms with Crippen LogP contribution in [0, 0.1) is 0 Å². The molecule has 3 heterocycles. The molecule has 0 aliphatic rings. The number of nitrogen functional groups attached to an aromatic ring is 1. The molecule has 0 saturated heterocycles. The van der Waals surface area contributed by atoms with E-state index in [2.05, 4.69) is 21.5 Å². The molecule has 4 aromatic rings. The molecule has 0 amide bonds. The molecule has 1 aromatic carbocycles. The lowest BCUT2D eigenvalue weighted by molar-refractivity contribution is 0.580. The van der Waals surface area contributed by atoms with Crippen LogP contribution in [0.5, 0.6) is 0 Å². The number of aromatic nitrogens is 4. The number of anilines is 1. The fourth-order valence-electron chi connectivity index (χ4n) is 2.78. The largest absolute Gasteiger partial charge is 0.463 e. The molecule has 6 nitrogen and oxygen atoms in total. The van der Waals surface area contributed by atoms with E-state index in [-0.39, 0.29) is 12.0 Å². The van der Waals surface area contributed by atoms with Crippen molar-refractivity contribution in [2.45, 2.75) is 6.04 Å². The molecule has 3 aromatic heterocycles. The van der Waals surface area contributed by atoms with Crippen LogP contribution >= 0.6 is 0 Å². The zero-order valence-corrected chi connectivity index (χ0v) is 12.8. The summed E-state index contributed by atoms with van der Waals surface area (Å²) in [6, 6.07) is 13.5. The number of hydrogen-bond acceptors (Lipinski definition) is 5. The molecular weight excluding hydrogens is 302 g/mol. The second-order valence-corrected chi connectivity index (χ2v) is 5.32. The standard InChI is InChI=1S/C18H15N5O/c1-2-13(12-7-4-3-5-8-12)23-11-20-16-15(14-9-6-10-24-14)21-18(19)22-17(16)23/h2-11,13H,1H2,(H2,19,21,22). The number of fused-ring (bicyclic) bond motifs is 1. The van der Waals surface area contributed by atoms with E-state index < -0.39 is 0 Å². The van der Waals surface area contributed by atoms with Crippen LogP contribution in [0.3, 0.4) is 0 Å². The lowest BCUT2D eigenvalue weighted by Gasteiger charge is -2.15. The highest BCUT2D eigenvalue weighted by Crippen LogP contribution is 2.29. The van der Waals surface area contributed by atoms with Crippen molar-refractivity contribution in [2.24, 2.45) is 0 Å². The summed E-state index contributed by atoms with van der Waals surface area (Å²) in [4.78, 5) is 13.1. The summed E-state index contributed by atoms with van der Waals surface area (Å²) in [6.07, 6.45) is 5.17. The van der Waals surface area contributed by atoms with Gasteiger partial charge in [-0.1, -0.05) is 36.4 Å². The smallest absolute Gasteiger partial charge is 0.222 e. The summed E-state index contributed by atoms with van der Waals surface area (Å²) in [5.74, 6) is 0.778. The van der Waals surface area contributed by atoms with E-state index >= 15 is 0 Å². The van der Waals surface area contributed by atoms with Crippen LogP contribution in [0.2, 0.25) is 0 Å². The molecule has 0 bridgehead atoms. The Morgan fingerprint density at radius 1 is 1.12 bits per heavy atom. The van der Waals surface area contributed by atoms with Gasteiger partial charge in [0.05, 0.1) is 18.6 Å². The van der Waals surface area contributed by atoms with E-state index in [1.807, 2.05) is 47.0 Å². The Labute approximate surface area is 138 Å². The molecule has 24 heavy (non-hydrogen) atoms. The van der Waals surface area contributed by atoms with Gasteiger partial charge in [0.25, 0.3) is 0 Å². The molecule has 118 valence electrons. The van der Waals surface area contributed by atoms with E-state index in [4.69, 9.17) is 10.2 Å². The Balaban J connectivity index is 1.93. The number of benzene rings is 1. The Morgan fingerprint density at radius 3 is 2.67 bits per heavy atom. The molecule has 0 aliphatic carbocycles. The quantitative estimate of drug-likeness (QED) is 0.583. The predicted molar refractivity (Wildman–Crippen MR) is 92.2 cm³/mol. The molecule has 2 N–H and O–H groups in total. The highest BCUT2D eigenvalue weighted by atomic mass is 16.3. The predicted octanol–water partition coefficient (Wildman–Crippen LogP) is 3.44. The minimum atomic E-state index is -0.102. The molecule has 0 radical (unpaired) electrons. The van der Waals surface area contributed by atoms with Crippen LogP contribution < -0.4 is 5.73 Å². The van der Waals surface area contributed by atoms with Crippen molar-refractivity contribution in [3.8, 4) is 11.5 Å². The van der Waals surface area contributed by atoms with Crippen LogP contribution in [-0.2, 0) is 0 Å². The van der Waals surface area contributed by atoms with E-state index in [9.17, 15) is 0 Å². The second-order valence-electron chi connectivity index (χ2n) is 5.32. The number of nitrogens with zero attached hydrogens (tertiary/aromatic N) is 4. The molecule has 0 saturated carbocycles. The highest BCUT2D eigenvalue weighted by Gasteiger charge is 2.19. The topological polar surface area (TPSA) is 82.8 Å². The lowest BCUT2D eigenvalue weighted by Crippen LogP contribution is -2.08. The normalized spacial score (nSPS) is 12.3. The Bertz CT molecular complexity index is 989. The third kappa shape index (κ3) is 2.25. The van der Waals surface area contributed by atoms with Crippen molar-refractivity contribution < 1.29 is 4.42 Å². The Kier molecular flexibility index (Phi) is 3.35. The molecular formula is C18H15N5O. The van der Waals surface area contributed by atoms with Gasteiger partial charge in [-0.05, 0) is 17.7 Å². The molecule has 6 heteroatoms. The van der Waals surface area contributed by atoms with E-state index in [0.717, 1.165) is 5.56 Å². The lowest BCUT2D eigenvalue weighted by atomic mass is 10.1. The molecule has 4 rings (SSSR count). The third-order valence-electron chi connectivity index (χ3n) is 3.86. The maximum atomic E-state index is 5.91. The summed E-state index contributed by atoms with van der Waals surface area (Å²) in [7, 11) is 0. The highest BCUT2D eigenvalue weighted by molar-refractivity contribution is 5.86. The Hall–Kier alpha value is -3.41. The van der Waals surface area contributed by atoms with Gasteiger partial charge >= 0.3 is 0 Å². The summed E-state index contributed by atoms with van der Waals surface area (Å²) in [5, 5.41) is 0. The summed E-state index contributed by atoms with van der Waals surface area (Å²) in [5.41, 5.74) is 8.86. The van der Waals surface area contributed by atoms with E-state index in [0.29, 0.717) is 22.6 Å². The Morgan fingerprint density at radius 2 is 1.96 bits per heavy atom. The van der Waals surface area contributed by atoms with E-state index in [1.165, 1.54) is 0 Å². The molecule has 0 aliphatic heterocycles. The van der Waals surface area contributed by atoms with Crippen LogP contribution in [-0.4, -0.2) is 19.5 Å². The SMILES string of the molecule is C=CC(c1ccccc1)n1cnc2c(-c3ccco3)nc(N)nc21. The van der Waals surface area contributed by atoms with Gasteiger partial charge in [-0.3, -0.25) is 0 Å². The van der Waals surface area contributed by atoms with E-state index in [1.54, 1.807) is 18.7 Å². The number of imidazole rings is 1. The van der Waals surface area contributed by atoms with Crippen molar-refractivity contribution >= 4 is 17.1 Å². The van der Waals surface area contributed by atoms with Crippen molar-refractivity contribution in [1.29, 1.82) is 0 Å². The van der Waals surface area contributed by atoms with Crippen LogP contribution in [0.4, 0.5) is 5.95 Å². The zero-order valence-electron chi connectivity index (χ0n) is 12.8. The first-order valence-corrected chi connectivity index (χ1v) is 7.49. The van der Waals surface area contributed by atoms with Crippen molar-refractivity contribution in [3.63, 3.8) is 0 Å². The summed E-state index contributed by atoms with van der Waals surface area (Å²) in [6.45, 7) is 3.95. The molecule has 0 fully saturated rings. The first-order valence-electron chi connectivity index (χ1n) is 7.49. The van der Waals surface area contributed by atoms with Crippen molar-refractivity contribution in [2.75, 3.05) is 5.73 Å². The first-order chi connectivity index (χ1) is 11.8. The van der Waals surface area contributed by atoms with Gasteiger partial charge in [0.15, 0.2) is 11.4 Å². The van der Waals surface area contributed by atoms with Gasteiger partial charge < -0.3 is 14.7 Å². The number of nitrogens with two attached hydrogens (primary N) is 1. The maximum absolute atomic E-state index is 5.91. The van der Waals surface area contributed by atoms with Crippen LogP contribution in [0.15, 0.2) is 72.1 Å². The average Bonchev–Trinajstić information content (AvgIpc) is 3.26. The number of rotatable bonds is 4. The zero-order chi connectivity index (χ0) is 16.5. The molecule has 1 atom stereocenters. The van der Waals surface area contributed by atoms with Gasteiger partial charge in [-0.25, -0.2) is 9.97 Å². The van der Waals surface area contributed by atoms with Gasteiger partial charge in [-0.15, -0.1) is 6.58 Å². The fraction of sp³-hybridized carbons (Fsp3) is 0.0556. The van der Waals surface area contributed by atoms with Crippen molar-refractivity contribution in [3.05, 3.63) is 73.3 Å². The average molecular weight is 317 g/mol. The maximum Gasteiger partial charge on any atom is 0.222 e. The minimum absolute atomic E-state index is 0.102. The first kappa shape index (κ1) is 14.2. The van der Waals surface area contributed by atoms with Crippen LogP contribution in [0.25, 0.3) is 22.6 Å². The number of furan rings is 1. The summed E-state index contributed by atoms with van der Waals surface area (Å²) >= 11 is 0. The molecule has 0 spiro atoms. The van der Waals surface area contributed by atoms with Crippen molar-refractivity contribution in [1.82, 2.24) is 19.5 Å². The summed E-state index contributed by atoms with van der Waals surface area (Å²) < 4.78 is 7.38. The van der Waals surface area contributed by atoms with Gasteiger partial charge in [0.1, 0.15) is 11.2 Å². The van der Waals surface area contributed by atoms with Gasteiger partial charge in [-0.2, -0.15) is 4.98 Å².